The van der Waals surface area contributed by atoms with E-state index in [2.05, 4.69) is 39.3 Å². The molecule has 3 aliphatic rings. The van der Waals surface area contributed by atoms with Crippen LogP contribution in [0.4, 0.5) is 21.8 Å². The number of halogens is 2. The van der Waals surface area contributed by atoms with E-state index >= 15 is 0 Å². The number of nitrogens with zero attached hydrogens (tertiary/aromatic N) is 3. The topological polar surface area (TPSA) is 82.5 Å². The number of aromatic nitrogens is 2. The van der Waals surface area contributed by atoms with Gasteiger partial charge in [0.25, 0.3) is 0 Å². The Morgan fingerprint density at radius 3 is 2.82 bits per heavy atom. The highest BCUT2D eigenvalue weighted by Gasteiger charge is 2.42. The third-order valence-corrected chi connectivity index (χ3v) is 7.51. The largest absolute Gasteiger partial charge is 0.489 e. The van der Waals surface area contributed by atoms with Crippen molar-refractivity contribution in [3.63, 3.8) is 0 Å². The van der Waals surface area contributed by atoms with Crippen LogP contribution in [0.15, 0.2) is 24.4 Å². The van der Waals surface area contributed by atoms with E-state index < -0.39 is 5.82 Å². The van der Waals surface area contributed by atoms with Crippen LogP contribution in [0.1, 0.15) is 52.4 Å². The van der Waals surface area contributed by atoms with E-state index in [0.29, 0.717) is 41.3 Å². The number of hydrogen-bond donors (Lipinski definition) is 3. The number of nitrogens with one attached hydrogen (secondary N) is 2. The van der Waals surface area contributed by atoms with Crippen molar-refractivity contribution in [1.82, 2.24) is 14.9 Å². The van der Waals surface area contributed by atoms with E-state index in [0.717, 1.165) is 19.4 Å². The molecule has 33 heavy (non-hydrogen) atoms. The Morgan fingerprint density at radius 2 is 2.06 bits per heavy atom. The predicted octanol–water partition coefficient (Wildman–Crippen LogP) is 4.73. The van der Waals surface area contributed by atoms with Crippen LogP contribution < -0.4 is 15.4 Å². The van der Waals surface area contributed by atoms with E-state index in [-0.39, 0.29) is 29.6 Å². The molecule has 1 saturated carbocycles. The molecule has 178 valence electrons. The normalized spacial score (nSPS) is 28.6. The summed E-state index contributed by atoms with van der Waals surface area (Å²) >= 11 is 6.36. The molecule has 1 aromatic carbocycles. The van der Waals surface area contributed by atoms with Crippen LogP contribution in [-0.4, -0.2) is 56.3 Å². The highest BCUT2D eigenvalue weighted by Crippen LogP contribution is 2.39. The molecule has 0 radical (unpaired) electrons. The minimum absolute atomic E-state index is 0.00690. The quantitative estimate of drug-likeness (QED) is 0.557. The minimum Gasteiger partial charge on any atom is -0.489 e. The van der Waals surface area contributed by atoms with Crippen LogP contribution in [0.25, 0.3) is 0 Å². The summed E-state index contributed by atoms with van der Waals surface area (Å²) in [5.41, 5.74) is 0.938. The van der Waals surface area contributed by atoms with Crippen LogP contribution in [0, 0.1) is 5.82 Å². The summed E-state index contributed by atoms with van der Waals surface area (Å²) in [4.78, 5) is 11.1. The first kappa shape index (κ1) is 22.6. The Balaban J connectivity index is 1.22. The number of fused-ring (bicyclic) bond motifs is 1. The van der Waals surface area contributed by atoms with Crippen molar-refractivity contribution >= 4 is 29.1 Å². The molecule has 7 nitrogen and oxygen atoms in total. The molecule has 0 amide bonds. The lowest BCUT2D eigenvalue weighted by molar-refractivity contribution is -0.0107. The lowest BCUT2D eigenvalue weighted by atomic mass is 9.92. The average molecular weight is 476 g/mol. The second-order valence-electron chi connectivity index (χ2n) is 10.1. The van der Waals surface area contributed by atoms with Gasteiger partial charge in [0, 0.05) is 42.7 Å². The van der Waals surface area contributed by atoms with Gasteiger partial charge in [-0.15, -0.1) is 0 Å². The van der Waals surface area contributed by atoms with Crippen molar-refractivity contribution < 1.29 is 14.2 Å². The maximum Gasteiger partial charge on any atom is 0.229 e. The summed E-state index contributed by atoms with van der Waals surface area (Å²) in [5, 5.41) is 16.3. The first-order valence-corrected chi connectivity index (χ1v) is 12.1. The zero-order chi connectivity index (χ0) is 23.2. The van der Waals surface area contributed by atoms with Crippen LogP contribution >= 0.6 is 11.6 Å². The van der Waals surface area contributed by atoms with E-state index in [1.807, 2.05) is 6.07 Å². The lowest BCUT2D eigenvalue weighted by Crippen LogP contribution is -2.50. The maximum atomic E-state index is 14.5. The van der Waals surface area contributed by atoms with Crippen molar-refractivity contribution in [3.05, 3.63) is 35.2 Å². The zero-order valence-corrected chi connectivity index (χ0v) is 19.8. The molecule has 2 aliphatic heterocycles. The third-order valence-electron chi connectivity index (χ3n) is 7.22. The SMILES string of the molecule is CC1(C)CC[C@@H]2C[C@@H](Nc3nc(Nc4ccc(OC5CC(O)C5)c(Cl)c4)ncc3F)CCN21. The number of hydrogen-bond acceptors (Lipinski definition) is 7. The Kier molecular flexibility index (Phi) is 6.09. The highest BCUT2D eigenvalue weighted by atomic mass is 35.5. The van der Waals surface area contributed by atoms with E-state index in [9.17, 15) is 9.50 Å². The van der Waals surface area contributed by atoms with E-state index in [4.69, 9.17) is 16.3 Å². The van der Waals surface area contributed by atoms with Gasteiger partial charge in [-0.25, -0.2) is 9.37 Å². The fourth-order valence-electron chi connectivity index (χ4n) is 5.26. The average Bonchev–Trinajstić information content (AvgIpc) is 3.05. The van der Waals surface area contributed by atoms with Crippen LogP contribution in [-0.2, 0) is 0 Å². The Bertz CT molecular complexity index is 1020. The van der Waals surface area contributed by atoms with Crippen molar-refractivity contribution in [1.29, 1.82) is 0 Å². The monoisotopic (exact) mass is 475 g/mol. The summed E-state index contributed by atoms with van der Waals surface area (Å²) in [6, 6.07) is 6.04. The molecular formula is C24H31ClFN5O2. The molecule has 0 bridgehead atoms. The summed E-state index contributed by atoms with van der Waals surface area (Å²) in [5.74, 6) is 0.630. The standard InChI is InChI=1S/C24H31ClFN5O2/c1-24(2)7-5-16-9-15(6-8-31(16)24)28-22-20(26)13-27-23(30-22)29-14-3-4-21(19(25)10-14)33-18-11-17(32)12-18/h3-4,10,13,15-18,32H,5-9,11-12H2,1-2H3,(H2,27,28,29,30)/t15-,16+,17?,18?/m0/s1. The summed E-state index contributed by atoms with van der Waals surface area (Å²) in [6.45, 7) is 5.64. The summed E-state index contributed by atoms with van der Waals surface area (Å²) in [6.07, 6.45) is 6.47. The van der Waals surface area contributed by atoms with Gasteiger partial charge in [0.2, 0.25) is 5.95 Å². The molecule has 1 aromatic heterocycles. The van der Waals surface area contributed by atoms with Crippen molar-refractivity contribution in [2.24, 2.45) is 0 Å². The molecule has 3 heterocycles. The first-order chi connectivity index (χ1) is 15.8. The molecular weight excluding hydrogens is 445 g/mol. The molecule has 2 saturated heterocycles. The Hall–Kier alpha value is -2.16. The Labute approximate surface area is 198 Å². The van der Waals surface area contributed by atoms with Crippen LogP contribution in [0.3, 0.4) is 0 Å². The van der Waals surface area contributed by atoms with Gasteiger partial charge in [0.05, 0.1) is 17.3 Å². The number of aliphatic hydroxyl groups excluding tert-OH is 1. The van der Waals surface area contributed by atoms with Gasteiger partial charge < -0.3 is 20.5 Å². The molecule has 2 atom stereocenters. The number of anilines is 3. The smallest absolute Gasteiger partial charge is 0.229 e. The lowest BCUT2D eigenvalue weighted by Gasteiger charge is -2.42. The third kappa shape index (κ3) is 4.88. The highest BCUT2D eigenvalue weighted by molar-refractivity contribution is 6.32. The van der Waals surface area contributed by atoms with Crippen molar-refractivity contribution in [3.8, 4) is 5.75 Å². The Morgan fingerprint density at radius 1 is 1.24 bits per heavy atom. The molecule has 3 N–H and O–H groups in total. The van der Waals surface area contributed by atoms with Gasteiger partial charge in [0.15, 0.2) is 11.6 Å². The van der Waals surface area contributed by atoms with Crippen molar-refractivity contribution in [2.75, 3.05) is 17.2 Å². The van der Waals surface area contributed by atoms with Gasteiger partial charge in [0.1, 0.15) is 11.9 Å². The minimum atomic E-state index is -0.459. The molecule has 5 rings (SSSR count). The van der Waals surface area contributed by atoms with Crippen molar-refractivity contribution in [2.45, 2.75) is 82.2 Å². The zero-order valence-electron chi connectivity index (χ0n) is 19.0. The number of benzene rings is 1. The first-order valence-electron chi connectivity index (χ1n) is 11.7. The fraction of sp³-hybridized carbons (Fsp3) is 0.583. The maximum absolute atomic E-state index is 14.5. The fourth-order valence-corrected chi connectivity index (χ4v) is 5.48. The predicted molar refractivity (Wildman–Crippen MR) is 127 cm³/mol. The van der Waals surface area contributed by atoms with Gasteiger partial charge in [-0.05, 0) is 57.7 Å². The molecule has 3 fully saturated rings. The van der Waals surface area contributed by atoms with Gasteiger partial charge in [-0.3, -0.25) is 4.90 Å². The van der Waals surface area contributed by atoms with Crippen LogP contribution in [0.5, 0.6) is 5.75 Å². The van der Waals surface area contributed by atoms with Gasteiger partial charge in [-0.1, -0.05) is 11.6 Å². The molecule has 2 aromatic rings. The number of rotatable bonds is 6. The number of ether oxygens (including phenoxy) is 1. The van der Waals surface area contributed by atoms with E-state index in [1.54, 1.807) is 12.1 Å². The number of aliphatic hydroxyl groups is 1. The number of piperidine rings is 1. The molecule has 0 spiro atoms. The molecule has 0 unspecified atom stereocenters. The van der Waals surface area contributed by atoms with Gasteiger partial charge in [-0.2, -0.15) is 4.98 Å². The second-order valence-corrected chi connectivity index (χ2v) is 10.5. The van der Waals surface area contributed by atoms with E-state index in [1.165, 1.54) is 19.0 Å². The second kappa shape index (κ2) is 8.89. The molecule has 1 aliphatic carbocycles. The molecule has 9 heteroatoms. The van der Waals surface area contributed by atoms with Gasteiger partial charge >= 0.3 is 0 Å². The summed E-state index contributed by atoms with van der Waals surface area (Å²) in [7, 11) is 0. The summed E-state index contributed by atoms with van der Waals surface area (Å²) < 4.78 is 20.3. The van der Waals surface area contributed by atoms with Crippen LogP contribution in [0.2, 0.25) is 5.02 Å².